The van der Waals surface area contributed by atoms with Crippen LogP contribution in [0.15, 0.2) is 47.3 Å². The highest BCUT2D eigenvalue weighted by atomic mass is 35.5. The van der Waals surface area contributed by atoms with Crippen LogP contribution in [0.4, 0.5) is 25.0 Å². The summed E-state index contributed by atoms with van der Waals surface area (Å²) >= 11 is 6.27. The van der Waals surface area contributed by atoms with E-state index in [4.69, 9.17) is 27.2 Å². The van der Waals surface area contributed by atoms with Crippen molar-refractivity contribution in [1.82, 2.24) is 4.57 Å². The minimum atomic E-state index is -0.799. The molecule has 3 aromatic rings. The van der Waals surface area contributed by atoms with Gasteiger partial charge in [0.15, 0.2) is 0 Å². The van der Waals surface area contributed by atoms with Gasteiger partial charge in [0.2, 0.25) is 5.91 Å². The third-order valence-corrected chi connectivity index (χ3v) is 6.02. The van der Waals surface area contributed by atoms with Crippen molar-refractivity contribution in [2.75, 3.05) is 23.1 Å². The van der Waals surface area contributed by atoms with Gasteiger partial charge in [-0.25, -0.2) is 13.6 Å². The molecule has 0 unspecified atom stereocenters. The summed E-state index contributed by atoms with van der Waals surface area (Å²) in [6, 6.07) is 8.39. The van der Waals surface area contributed by atoms with Gasteiger partial charge in [0.25, 0.3) is 5.56 Å². The summed E-state index contributed by atoms with van der Waals surface area (Å²) in [7, 11) is 0. The Bertz CT molecular complexity index is 1430. The number of halogens is 3. The summed E-state index contributed by atoms with van der Waals surface area (Å²) in [6.45, 7) is 0.862. The highest BCUT2D eigenvalue weighted by Crippen LogP contribution is 2.38. The Hall–Kier alpha value is -3.96. The second-order valence-corrected chi connectivity index (χ2v) is 8.38. The van der Waals surface area contributed by atoms with Crippen LogP contribution in [0.3, 0.4) is 0 Å². The maximum absolute atomic E-state index is 13.9. The lowest BCUT2D eigenvalue weighted by molar-refractivity contribution is -0.119. The summed E-state index contributed by atoms with van der Waals surface area (Å²) in [6.07, 6.45) is -0.134. The lowest BCUT2D eigenvalue weighted by Gasteiger charge is -2.17. The number of benzene rings is 2. The van der Waals surface area contributed by atoms with Crippen molar-refractivity contribution in [2.45, 2.75) is 20.0 Å². The number of aliphatic hydroxyl groups is 1. The molecule has 3 amide bonds. The maximum Gasteiger partial charge on any atom is 0.320 e. The molecule has 0 saturated carbocycles. The molecule has 36 heavy (non-hydrogen) atoms. The number of fused-ring (bicyclic) bond motifs is 1. The van der Waals surface area contributed by atoms with Crippen LogP contribution in [0.25, 0.3) is 5.69 Å². The van der Waals surface area contributed by atoms with Crippen molar-refractivity contribution < 1.29 is 28.2 Å². The van der Waals surface area contributed by atoms with Gasteiger partial charge in [-0.15, -0.1) is 0 Å². The van der Waals surface area contributed by atoms with Crippen molar-refractivity contribution in [1.29, 1.82) is 0 Å². The fourth-order valence-electron chi connectivity index (χ4n) is 3.92. The van der Waals surface area contributed by atoms with Gasteiger partial charge in [-0.05, 0) is 37.3 Å². The largest absolute Gasteiger partial charge is 0.487 e. The fraction of sp³-hybridized carbons (Fsp3) is 0.208. The first-order chi connectivity index (χ1) is 17.1. The van der Waals surface area contributed by atoms with Crippen LogP contribution in [-0.2, 0) is 11.4 Å². The summed E-state index contributed by atoms with van der Waals surface area (Å²) in [5.74, 6) is -1.90. The number of aliphatic hydroxyl groups excluding tert-OH is 1. The van der Waals surface area contributed by atoms with Gasteiger partial charge in [0, 0.05) is 23.4 Å². The Balaban J connectivity index is 1.69. The van der Waals surface area contributed by atoms with Crippen molar-refractivity contribution in [3.05, 3.63) is 80.7 Å². The van der Waals surface area contributed by atoms with Gasteiger partial charge in [0.1, 0.15) is 35.7 Å². The van der Waals surface area contributed by atoms with Gasteiger partial charge in [0.05, 0.1) is 30.1 Å². The van der Waals surface area contributed by atoms with E-state index in [1.54, 1.807) is 19.1 Å². The number of pyridine rings is 1. The quantitative estimate of drug-likeness (QED) is 0.519. The molecule has 0 atom stereocenters. The topological polar surface area (TPSA) is 118 Å². The normalized spacial score (nSPS) is 12.6. The number of urea groups is 1. The number of hydrogen-bond acceptors (Lipinski definition) is 5. The van der Waals surface area contributed by atoms with Gasteiger partial charge in [-0.1, -0.05) is 11.6 Å². The molecule has 9 nitrogen and oxygen atoms in total. The second-order valence-electron chi connectivity index (χ2n) is 8.01. The van der Waals surface area contributed by atoms with Crippen LogP contribution in [0, 0.1) is 18.6 Å². The SMILES string of the molecule is Cc1cc(OCc2ccc(F)cc2F)c(Cl)c(=O)n1-c1ccc2c(c1)N(C(N)=O)CN2C(=O)CCO. The summed E-state index contributed by atoms with van der Waals surface area (Å²) in [5, 5.41) is 8.83. The lowest BCUT2D eigenvalue weighted by Crippen LogP contribution is -2.41. The predicted molar refractivity (Wildman–Crippen MR) is 129 cm³/mol. The fourth-order valence-corrected chi connectivity index (χ4v) is 4.12. The molecule has 2 aromatic carbocycles. The van der Waals surface area contributed by atoms with Crippen molar-refractivity contribution in [3.8, 4) is 11.4 Å². The summed E-state index contributed by atoms with van der Waals surface area (Å²) in [4.78, 5) is 40.0. The van der Waals surface area contributed by atoms with Crippen LogP contribution >= 0.6 is 11.6 Å². The Labute approximate surface area is 208 Å². The molecule has 1 aliphatic heterocycles. The number of anilines is 2. The average Bonchev–Trinajstić information content (AvgIpc) is 3.21. The minimum Gasteiger partial charge on any atom is -0.487 e. The van der Waals surface area contributed by atoms with Crippen LogP contribution in [0.1, 0.15) is 17.7 Å². The molecule has 12 heteroatoms. The molecule has 188 valence electrons. The Morgan fingerprint density at radius 1 is 1.11 bits per heavy atom. The zero-order valence-corrected chi connectivity index (χ0v) is 19.8. The number of carbonyl (C=O) groups is 2. The molecule has 0 bridgehead atoms. The summed E-state index contributed by atoms with van der Waals surface area (Å²) in [5.41, 5.74) is 6.40. The van der Waals surface area contributed by atoms with Gasteiger partial charge in [-0.2, -0.15) is 0 Å². The van der Waals surface area contributed by atoms with Crippen LogP contribution in [-0.4, -0.2) is 34.9 Å². The van der Waals surface area contributed by atoms with E-state index in [-0.39, 0.29) is 42.6 Å². The molecule has 2 heterocycles. The van der Waals surface area contributed by atoms with E-state index in [2.05, 4.69) is 0 Å². The third-order valence-electron chi connectivity index (χ3n) is 5.67. The van der Waals surface area contributed by atoms with Gasteiger partial charge < -0.3 is 15.6 Å². The highest BCUT2D eigenvalue weighted by molar-refractivity contribution is 6.31. The van der Waals surface area contributed by atoms with Gasteiger partial charge in [-0.3, -0.25) is 24.0 Å². The highest BCUT2D eigenvalue weighted by Gasteiger charge is 2.33. The van der Waals surface area contributed by atoms with E-state index < -0.39 is 29.1 Å². The lowest BCUT2D eigenvalue weighted by atomic mass is 10.2. The molecule has 0 saturated heterocycles. The first-order valence-electron chi connectivity index (χ1n) is 10.7. The Kier molecular flexibility index (Phi) is 6.95. The minimum absolute atomic E-state index is 0.0137. The summed E-state index contributed by atoms with van der Waals surface area (Å²) < 4.78 is 33.9. The molecular weight excluding hydrogens is 498 g/mol. The molecule has 4 rings (SSSR count). The smallest absolute Gasteiger partial charge is 0.320 e. The Morgan fingerprint density at radius 2 is 1.86 bits per heavy atom. The first-order valence-corrected chi connectivity index (χ1v) is 11.1. The first kappa shape index (κ1) is 25.1. The van der Waals surface area contributed by atoms with Crippen molar-refractivity contribution in [2.24, 2.45) is 5.73 Å². The maximum atomic E-state index is 13.9. The van der Waals surface area contributed by atoms with E-state index in [1.807, 2.05) is 0 Å². The number of nitrogens with two attached hydrogens (primary N) is 1. The molecule has 1 aliphatic rings. The number of amides is 3. The number of ether oxygens (including phenoxy) is 1. The molecule has 0 fully saturated rings. The number of primary amides is 1. The number of aryl methyl sites for hydroxylation is 1. The molecule has 0 radical (unpaired) electrons. The standard InChI is InChI=1S/C24H21ClF2N4O5/c1-13-8-20(36-11-14-2-3-15(26)9-17(14)27)22(25)23(34)31(13)16-4-5-18-19(10-16)30(24(28)35)12-29(18)21(33)6-7-32/h2-5,8-10,32H,6-7,11-12H2,1H3,(H2,28,35). The average molecular weight is 519 g/mol. The molecular formula is C24H21ClF2N4O5. The van der Waals surface area contributed by atoms with Crippen LogP contribution in [0.5, 0.6) is 5.75 Å². The second kappa shape index (κ2) is 9.96. The van der Waals surface area contributed by atoms with Crippen molar-refractivity contribution >= 4 is 34.9 Å². The van der Waals surface area contributed by atoms with E-state index in [0.717, 1.165) is 12.1 Å². The molecule has 1 aromatic heterocycles. The van der Waals surface area contributed by atoms with Crippen LogP contribution < -0.4 is 25.8 Å². The van der Waals surface area contributed by atoms with Crippen LogP contribution in [0.2, 0.25) is 5.02 Å². The number of nitrogens with zero attached hydrogens (tertiary/aromatic N) is 3. The third kappa shape index (κ3) is 4.62. The number of aromatic nitrogens is 1. The number of rotatable bonds is 6. The zero-order valence-electron chi connectivity index (χ0n) is 19.0. The number of hydrogen-bond donors (Lipinski definition) is 2. The van der Waals surface area contributed by atoms with E-state index in [0.29, 0.717) is 22.8 Å². The van der Waals surface area contributed by atoms with Crippen molar-refractivity contribution in [3.63, 3.8) is 0 Å². The zero-order chi connectivity index (χ0) is 26.1. The van der Waals surface area contributed by atoms with E-state index >= 15 is 0 Å². The molecule has 0 aliphatic carbocycles. The van der Waals surface area contributed by atoms with Gasteiger partial charge >= 0.3 is 6.03 Å². The van der Waals surface area contributed by atoms with E-state index in [9.17, 15) is 23.2 Å². The monoisotopic (exact) mass is 518 g/mol. The predicted octanol–water partition coefficient (Wildman–Crippen LogP) is 3.23. The Morgan fingerprint density at radius 3 is 2.53 bits per heavy atom. The molecule has 0 spiro atoms. The van der Waals surface area contributed by atoms with E-state index in [1.165, 1.54) is 32.6 Å². The number of carbonyl (C=O) groups excluding carboxylic acids is 2. The molecule has 3 N–H and O–H groups in total.